The molecule has 1 aromatic rings. The SMILES string of the molecule is C=CC(=O)Cc1ccccc1C. The first-order valence-corrected chi connectivity index (χ1v) is 3.94. The molecule has 1 rings (SSSR count). The van der Waals surface area contributed by atoms with Gasteiger partial charge in [-0.2, -0.15) is 0 Å². The highest BCUT2D eigenvalue weighted by molar-refractivity contribution is 5.91. The third kappa shape index (κ3) is 2.06. The zero-order valence-electron chi connectivity index (χ0n) is 7.21. The highest BCUT2D eigenvalue weighted by Gasteiger charge is 2.00. The predicted octanol–water partition coefficient (Wildman–Crippen LogP) is 2.29. The highest BCUT2D eigenvalue weighted by Crippen LogP contribution is 2.07. The van der Waals surface area contributed by atoms with Gasteiger partial charge in [0.1, 0.15) is 0 Å². The Bertz CT molecular complexity index is 300. The standard InChI is InChI=1S/C11H12O/c1-3-11(12)8-10-7-5-4-6-9(10)2/h3-7H,1,8H2,2H3. The van der Waals surface area contributed by atoms with Gasteiger partial charge in [-0.3, -0.25) is 4.79 Å². The summed E-state index contributed by atoms with van der Waals surface area (Å²) in [7, 11) is 0. The van der Waals surface area contributed by atoms with Crippen LogP contribution < -0.4 is 0 Å². The van der Waals surface area contributed by atoms with Gasteiger partial charge in [-0.25, -0.2) is 0 Å². The molecule has 0 bridgehead atoms. The van der Waals surface area contributed by atoms with Crippen molar-refractivity contribution in [2.75, 3.05) is 0 Å². The van der Waals surface area contributed by atoms with Crippen LogP contribution in [0.2, 0.25) is 0 Å². The molecule has 0 radical (unpaired) electrons. The molecule has 0 aliphatic rings. The van der Waals surface area contributed by atoms with Gasteiger partial charge >= 0.3 is 0 Å². The normalized spacial score (nSPS) is 9.42. The van der Waals surface area contributed by atoms with Gasteiger partial charge in [0.05, 0.1) is 0 Å². The van der Waals surface area contributed by atoms with Crippen LogP contribution in [0.4, 0.5) is 0 Å². The lowest BCUT2D eigenvalue weighted by atomic mass is 10.0. The molecule has 0 unspecified atom stereocenters. The summed E-state index contributed by atoms with van der Waals surface area (Å²) in [5.41, 5.74) is 2.25. The monoisotopic (exact) mass is 160 g/mol. The minimum Gasteiger partial charge on any atom is -0.295 e. The van der Waals surface area contributed by atoms with Crippen molar-refractivity contribution in [3.05, 3.63) is 48.0 Å². The Morgan fingerprint density at radius 2 is 2.17 bits per heavy atom. The third-order valence-electron chi connectivity index (χ3n) is 1.85. The largest absolute Gasteiger partial charge is 0.295 e. The fourth-order valence-corrected chi connectivity index (χ4v) is 1.07. The second-order valence-corrected chi connectivity index (χ2v) is 2.77. The first-order chi connectivity index (χ1) is 5.74. The van der Waals surface area contributed by atoms with Gasteiger partial charge in [-0.15, -0.1) is 0 Å². The van der Waals surface area contributed by atoms with Crippen molar-refractivity contribution in [2.45, 2.75) is 13.3 Å². The fourth-order valence-electron chi connectivity index (χ4n) is 1.07. The van der Waals surface area contributed by atoms with Crippen molar-refractivity contribution in [1.82, 2.24) is 0 Å². The van der Waals surface area contributed by atoms with E-state index in [1.165, 1.54) is 6.08 Å². The quantitative estimate of drug-likeness (QED) is 0.620. The van der Waals surface area contributed by atoms with Gasteiger partial charge in [0.25, 0.3) is 0 Å². The van der Waals surface area contributed by atoms with Crippen LogP contribution in [0.25, 0.3) is 0 Å². The van der Waals surface area contributed by atoms with Gasteiger partial charge in [0.15, 0.2) is 5.78 Å². The van der Waals surface area contributed by atoms with Gasteiger partial charge in [-0.1, -0.05) is 30.8 Å². The molecule has 0 aliphatic carbocycles. The predicted molar refractivity (Wildman–Crippen MR) is 50.1 cm³/mol. The number of ketones is 1. The van der Waals surface area contributed by atoms with Crippen molar-refractivity contribution in [3.63, 3.8) is 0 Å². The lowest BCUT2D eigenvalue weighted by Gasteiger charge is -2.01. The van der Waals surface area contributed by atoms with Gasteiger partial charge in [0, 0.05) is 6.42 Å². The van der Waals surface area contributed by atoms with E-state index in [2.05, 4.69) is 6.58 Å². The lowest BCUT2D eigenvalue weighted by Crippen LogP contribution is -1.99. The van der Waals surface area contributed by atoms with E-state index in [0.29, 0.717) is 6.42 Å². The molecule has 0 fully saturated rings. The van der Waals surface area contributed by atoms with Crippen LogP contribution in [0.1, 0.15) is 11.1 Å². The van der Waals surface area contributed by atoms with Crippen LogP contribution in [-0.2, 0) is 11.2 Å². The first kappa shape index (κ1) is 8.72. The Labute approximate surface area is 72.7 Å². The first-order valence-electron chi connectivity index (χ1n) is 3.94. The molecule has 1 aromatic carbocycles. The van der Waals surface area contributed by atoms with Crippen molar-refractivity contribution < 1.29 is 4.79 Å². The second-order valence-electron chi connectivity index (χ2n) is 2.77. The minimum atomic E-state index is 0.0734. The average molecular weight is 160 g/mol. The number of benzene rings is 1. The number of rotatable bonds is 3. The van der Waals surface area contributed by atoms with Gasteiger partial charge in [-0.05, 0) is 24.1 Å². The Morgan fingerprint density at radius 3 is 2.75 bits per heavy atom. The summed E-state index contributed by atoms with van der Waals surface area (Å²) in [5, 5.41) is 0. The van der Waals surface area contributed by atoms with Gasteiger partial charge in [0.2, 0.25) is 0 Å². The number of carbonyl (C=O) groups excluding carboxylic acids is 1. The molecular weight excluding hydrogens is 148 g/mol. The van der Waals surface area contributed by atoms with Crippen LogP contribution in [-0.4, -0.2) is 5.78 Å². The number of aryl methyl sites for hydroxylation is 1. The Morgan fingerprint density at radius 1 is 1.50 bits per heavy atom. The summed E-state index contributed by atoms with van der Waals surface area (Å²) in [6.07, 6.45) is 1.84. The summed E-state index contributed by atoms with van der Waals surface area (Å²) >= 11 is 0. The van der Waals surface area contributed by atoms with Crippen LogP contribution in [0.3, 0.4) is 0 Å². The van der Waals surface area contributed by atoms with Crippen molar-refractivity contribution in [2.24, 2.45) is 0 Å². The number of hydrogen-bond acceptors (Lipinski definition) is 1. The Kier molecular flexibility index (Phi) is 2.81. The second kappa shape index (κ2) is 3.86. The lowest BCUT2D eigenvalue weighted by molar-refractivity contribution is -0.114. The third-order valence-corrected chi connectivity index (χ3v) is 1.85. The van der Waals surface area contributed by atoms with Crippen LogP contribution in [0.5, 0.6) is 0 Å². The maximum atomic E-state index is 11.0. The zero-order chi connectivity index (χ0) is 8.97. The molecule has 0 spiro atoms. The van der Waals surface area contributed by atoms with E-state index in [9.17, 15) is 4.79 Å². The molecule has 0 aromatic heterocycles. The molecular formula is C11H12O. The number of allylic oxidation sites excluding steroid dienone is 1. The average Bonchev–Trinajstić information content (AvgIpc) is 2.09. The van der Waals surface area contributed by atoms with E-state index in [4.69, 9.17) is 0 Å². The maximum absolute atomic E-state index is 11.0. The molecule has 0 atom stereocenters. The smallest absolute Gasteiger partial charge is 0.159 e. The summed E-state index contributed by atoms with van der Waals surface area (Å²) in [6, 6.07) is 7.89. The van der Waals surface area contributed by atoms with E-state index in [0.717, 1.165) is 11.1 Å². The molecule has 0 saturated heterocycles. The summed E-state index contributed by atoms with van der Waals surface area (Å²) in [6.45, 7) is 5.44. The molecule has 62 valence electrons. The summed E-state index contributed by atoms with van der Waals surface area (Å²) in [4.78, 5) is 11.0. The molecule has 0 amide bonds. The van der Waals surface area contributed by atoms with E-state index < -0.39 is 0 Å². The highest BCUT2D eigenvalue weighted by atomic mass is 16.1. The number of hydrogen-bond donors (Lipinski definition) is 0. The van der Waals surface area contributed by atoms with Crippen molar-refractivity contribution in [1.29, 1.82) is 0 Å². The molecule has 0 heterocycles. The molecule has 0 saturated carbocycles. The summed E-state index contributed by atoms with van der Waals surface area (Å²) in [5.74, 6) is 0.0734. The van der Waals surface area contributed by atoms with E-state index in [-0.39, 0.29) is 5.78 Å². The zero-order valence-corrected chi connectivity index (χ0v) is 7.21. The van der Waals surface area contributed by atoms with Gasteiger partial charge < -0.3 is 0 Å². The molecule has 12 heavy (non-hydrogen) atoms. The molecule has 0 aliphatic heterocycles. The Balaban J connectivity index is 2.82. The van der Waals surface area contributed by atoms with Crippen LogP contribution >= 0.6 is 0 Å². The molecule has 0 N–H and O–H groups in total. The van der Waals surface area contributed by atoms with Crippen molar-refractivity contribution in [3.8, 4) is 0 Å². The Hall–Kier alpha value is -1.37. The molecule has 1 heteroatoms. The number of carbonyl (C=O) groups is 1. The van der Waals surface area contributed by atoms with E-state index in [1.807, 2.05) is 31.2 Å². The maximum Gasteiger partial charge on any atom is 0.159 e. The van der Waals surface area contributed by atoms with Crippen molar-refractivity contribution >= 4 is 5.78 Å². The fraction of sp³-hybridized carbons (Fsp3) is 0.182. The minimum absolute atomic E-state index is 0.0734. The summed E-state index contributed by atoms with van der Waals surface area (Å²) < 4.78 is 0. The van der Waals surface area contributed by atoms with E-state index in [1.54, 1.807) is 0 Å². The van der Waals surface area contributed by atoms with E-state index >= 15 is 0 Å². The molecule has 1 nitrogen and oxygen atoms in total. The topological polar surface area (TPSA) is 17.1 Å². The van der Waals surface area contributed by atoms with Crippen LogP contribution in [0.15, 0.2) is 36.9 Å². The van der Waals surface area contributed by atoms with Crippen LogP contribution in [0, 0.1) is 6.92 Å².